The van der Waals surface area contributed by atoms with E-state index in [1.54, 1.807) is 19.1 Å². The fraction of sp³-hybridized carbons (Fsp3) is 0.677. The highest BCUT2D eigenvalue weighted by Gasteiger charge is 2.33. The summed E-state index contributed by atoms with van der Waals surface area (Å²) in [5, 5.41) is 0. The van der Waals surface area contributed by atoms with Crippen molar-refractivity contribution in [1.82, 2.24) is 0 Å². The second-order valence-corrected chi connectivity index (χ2v) is 11.2. The first kappa shape index (κ1) is 24.7. The van der Waals surface area contributed by atoms with Crippen LogP contribution >= 0.6 is 0 Å². The Labute approximate surface area is 200 Å². The molecule has 0 bridgehead atoms. The molecule has 0 aromatic heterocycles. The van der Waals surface area contributed by atoms with Crippen LogP contribution in [0.4, 0.5) is 8.78 Å². The molecule has 1 atom stereocenters. The van der Waals surface area contributed by atoms with Crippen LogP contribution in [0.25, 0.3) is 5.57 Å². The van der Waals surface area contributed by atoms with E-state index in [4.69, 9.17) is 0 Å². The number of rotatable bonds is 7. The minimum atomic E-state index is -0.684. The zero-order chi connectivity index (χ0) is 23.2. The third-order valence-electron chi connectivity index (χ3n) is 9.26. The molecule has 3 aliphatic carbocycles. The average molecular weight is 455 g/mol. The molecular weight excluding hydrogens is 410 g/mol. The first-order valence-electron chi connectivity index (χ1n) is 13.9. The average Bonchev–Trinajstić information content (AvgIpc) is 2.86. The van der Waals surface area contributed by atoms with Gasteiger partial charge in [-0.05, 0) is 125 Å². The Hall–Kier alpha value is -1.44. The lowest BCUT2D eigenvalue weighted by Crippen LogP contribution is -2.28. The molecule has 0 amide bonds. The van der Waals surface area contributed by atoms with E-state index >= 15 is 0 Å². The molecule has 0 radical (unpaired) electrons. The number of benzene rings is 1. The lowest BCUT2D eigenvalue weighted by Gasteiger charge is -2.40. The third-order valence-corrected chi connectivity index (χ3v) is 9.26. The van der Waals surface area contributed by atoms with Gasteiger partial charge in [-0.2, -0.15) is 0 Å². The van der Waals surface area contributed by atoms with E-state index in [2.05, 4.69) is 25.2 Å². The Balaban J connectivity index is 1.21. The van der Waals surface area contributed by atoms with Crippen LogP contribution in [0, 0.1) is 48.1 Å². The van der Waals surface area contributed by atoms with Gasteiger partial charge >= 0.3 is 0 Å². The summed E-state index contributed by atoms with van der Waals surface area (Å²) in [6, 6.07) is 3.47. The van der Waals surface area contributed by atoms with E-state index in [9.17, 15) is 8.78 Å². The molecule has 33 heavy (non-hydrogen) atoms. The van der Waals surface area contributed by atoms with E-state index < -0.39 is 11.6 Å². The predicted molar refractivity (Wildman–Crippen MR) is 136 cm³/mol. The van der Waals surface area contributed by atoms with E-state index in [1.165, 1.54) is 70.6 Å². The second kappa shape index (κ2) is 11.8. The van der Waals surface area contributed by atoms with Crippen LogP contribution in [0.1, 0.15) is 108 Å². The smallest absolute Gasteiger partial charge is 0.166 e. The fourth-order valence-electron chi connectivity index (χ4n) is 7.07. The highest BCUT2D eigenvalue weighted by atomic mass is 19.2. The topological polar surface area (TPSA) is 0 Å². The van der Waals surface area contributed by atoms with Gasteiger partial charge in [0.15, 0.2) is 11.6 Å². The summed E-state index contributed by atoms with van der Waals surface area (Å²) in [6.07, 6.45) is 25.3. The zero-order valence-corrected chi connectivity index (χ0v) is 20.9. The van der Waals surface area contributed by atoms with E-state index in [-0.39, 0.29) is 0 Å². The first-order chi connectivity index (χ1) is 16.1. The second-order valence-electron chi connectivity index (χ2n) is 11.2. The lowest BCUT2D eigenvalue weighted by atomic mass is 9.65. The van der Waals surface area contributed by atoms with Crippen molar-refractivity contribution in [1.29, 1.82) is 0 Å². The third kappa shape index (κ3) is 6.17. The summed E-state index contributed by atoms with van der Waals surface area (Å²) in [6.45, 7) is 3.84. The molecule has 1 aromatic rings. The molecule has 2 saturated carbocycles. The van der Waals surface area contributed by atoms with Crippen LogP contribution in [-0.2, 0) is 0 Å². The molecule has 0 N–H and O–H groups in total. The van der Waals surface area contributed by atoms with E-state index in [0.29, 0.717) is 11.1 Å². The minimum Gasteiger partial charge on any atom is -0.203 e. The SMILES string of the molecule is CC/C=C/CCC1CCC(C2CCC(C3CC=C(c4ccc(C)c(F)c4F)CC3)CC2)CC1. The van der Waals surface area contributed by atoms with E-state index in [1.807, 2.05) is 0 Å². The molecule has 0 heterocycles. The maximum atomic E-state index is 14.4. The molecule has 0 nitrogen and oxygen atoms in total. The molecule has 0 spiro atoms. The standard InChI is InChI=1S/C31H44F2/c1-3-4-5-6-7-23-9-11-24(12-10-23)25-13-15-26(16-14-25)27-17-19-28(20-18-27)29-21-8-22(2)30(32)31(29)33/h4-5,8,19,21,23-27H,3,6-7,9-18,20H2,1-2H3/b5-4+. The maximum Gasteiger partial charge on any atom is 0.166 e. The van der Waals surface area contributed by atoms with Gasteiger partial charge in [0, 0.05) is 5.56 Å². The predicted octanol–water partition coefficient (Wildman–Crippen LogP) is 9.82. The Morgan fingerprint density at radius 3 is 2.03 bits per heavy atom. The quantitative estimate of drug-likeness (QED) is 0.360. The van der Waals surface area contributed by atoms with Gasteiger partial charge in [0.2, 0.25) is 0 Å². The van der Waals surface area contributed by atoms with Crippen molar-refractivity contribution in [2.75, 3.05) is 0 Å². The van der Waals surface area contributed by atoms with Crippen molar-refractivity contribution in [3.63, 3.8) is 0 Å². The van der Waals surface area contributed by atoms with Crippen molar-refractivity contribution >= 4 is 5.57 Å². The number of hydrogen-bond donors (Lipinski definition) is 0. The molecular formula is C31H44F2. The molecule has 1 unspecified atom stereocenters. The van der Waals surface area contributed by atoms with Crippen LogP contribution in [0.5, 0.6) is 0 Å². The van der Waals surface area contributed by atoms with Gasteiger partial charge in [-0.3, -0.25) is 0 Å². The number of halogens is 2. The Kier molecular flexibility index (Phi) is 8.83. The van der Waals surface area contributed by atoms with Gasteiger partial charge in [-0.25, -0.2) is 8.78 Å². The molecule has 182 valence electrons. The van der Waals surface area contributed by atoms with Crippen molar-refractivity contribution in [2.45, 2.75) is 104 Å². The molecule has 2 fully saturated rings. The van der Waals surface area contributed by atoms with Gasteiger partial charge in [-0.1, -0.05) is 50.1 Å². The van der Waals surface area contributed by atoms with E-state index in [0.717, 1.165) is 54.4 Å². The van der Waals surface area contributed by atoms with Crippen LogP contribution < -0.4 is 0 Å². The molecule has 4 rings (SSSR count). The zero-order valence-electron chi connectivity index (χ0n) is 20.9. The summed E-state index contributed by atoms with van der Waals surface area (Å²) in [7, 11) is 0. The monoisotopic (exact) mass is 454 g/mol. The molecule has 0 aliphatic heterocycles. The lowest BCUT2D eigenvalue weighted by molar-refractivity contribution is 0.121. The molecule has 3 aliphatic rings. The van der Waals surface area contributed by atoms with Crippen LogP contribution in [0.2, 0.25) is 0 Å². The summed E-state index contributed by atoms with van der Waals surface area (Å²) in [4.78, 5) is 0. The minimum absolute atomic E-state index is 0.389. The van der Waals surface area contributed by atoms with Crippen molar-refractivity contribution < 1.29 is 8.78 Å². The summed E-state index contributed by atoms with van der Waals surface area (Å²) >= 11 is 0. The van der Waals surface area contributed by atoms with Crippen molar-refractivity contribution in [3.05, 3.63) is 53.1 Å². The summed E-state index contributed by atoms with van der Waals surface area (Å²) in [5.41, 5.74) is 1.88. The van der Waals surface area contributed by atoms with Crippen molar-refractivity contribution in [3.8, 4) is 0 Å². The number of hydrogen-bond acceptors (Lipinski definition) is 0. The Morgan fingerprint density at radius 1 is 0.788 bits per heavy atom. The maximum absolute atomic E-state index is 14.4. The van der Waals surface area contributed by atoms with Gasteiger partial charge in [0.25, 0.3) is 0 Å². The van der Waals surface area contributed by atoms with Crippen molar-refractivity contribution in [2.24, 2.45) is 29.6 Å². The fourth-order valence-corrected chi connectivity index (χ4v) is 7.07. The highest BCUT2D eigenvalue weighted by molar-refractivity contribution is 5.67. The Bertz CT molecular complexity index is 820. The van der Waals surface area contributed by atoms with Gasteiger partial charge in [-0.15, -0.1) is 0 Å². The first-order valence-corrected chi connectivity index (χ1v) is 13.9. The Morgan fingerprint density at radius 2 is 1.42 bits per heavy atom. The van der Waals surface area contributed by atoms with Crippen LogP contribution in [0.3, 0.4) is 0 Å². The molecule has 1 aromatic carbocycles. The largest absolute Gasteiger partial charge is 0.203 e. The van der Waals surface area contributed by atoms with Gasteiger partial charge in [0.1, 0.15) is 0 Å². The van der Waals surface area contributed by atoms with Crippen LogP contribution in [0.15, 0.2) is 30.4 Å². The normalized spacial score (nSPS) is 31.0. The highest BCUT2D eigenvalue weighted by Crippen LogP contribution is 2.46. The van der Waals surface area contributed by atoms with Gasteiger partial charge in [0.05, 0.1) is 0 Å². The number of allylic oxidation sites excluding steroid dienone is 4. The summed E-state index contributed by atoms with van der Waals surface area (Å²) < 4.78 is 28.4. The van der Waals surface area contributed by atoms with Crippen LogP contribution in [-0.4, -0.2) is 0 Å². The summed E-state index contributed by atoms with van der Waals surface area (Å²) in [5.74, 6) is 3.13. The van der Waals surface area contributed by atoms with Gasteiger partial charge < -0.3 is 0 Å². The molecule has 2 heteroatoms. The molecule has 0 saturated heterocycles. The number of aryl methyl sites for hydroxylation is 1.